The first-order chi connectivity index (χ1) is 21.1. The molecule has 3 rings (SSSR count). The van der Waals surface area contributed by atoms with Gasteiger partial charge in [-0.25, -0.2) is 0 Å². The molecule has 0 aliphatic carbocycles. The summed E-state index contributed by atoms with van der Waals surface area (Å²) in [5.41, 5.74) is 1.40. The lowest BCUT2D eigenvalue weighted by Gasteiger charge is -2.39. The van der Waals surface area contributed by atoms with Gasteiger partial charge in [-0.3, -0.25) is 14.4 Å². The summed E-state index contributed by atoms with van der Waals surface area (Å²) >= 11 is 12.4. The van der Waals surface area contributed by atoms with Crippen LogP contribution in [0.4, 0.5) is 26.3 Å². The van der Waals surface area contributed by atoms with Crippen LogP contribution in [0.15, 0.2) is 48.5 Å². The third-order valence-electron chi connectivity index (χ3n) is 7.69. The number of nitrogens with one attached hydrogen (secondary N) is 1. The Hall–Kier alpha value is -3.03. The first-order valence-corrected chi connectivity index (χ1v) is 15.0. The van der Waals surface area contributed by atoms with Crippen molar-refractivity contribution in [2.24, 2.45) is 0 Å². The number of benzene rings is 2. The Morgan fingerprint density at radius 1 is 0.956 bits per heavy atom. The zero-order valence-corrected chi connectivity index (χ0v) is 25.9. The molecule has 1 saturated heterocycles. The maximum Gasteiger partial charge on any atom is 0.471 e. The third-order valence-corrected chi connectivity index (χ3v) is 8.43. The predicted octanol–water partition coefficient (Wildman–Crippen LogP) is 6.16. The standard InChI is InChI=1S/C30H34Cl2F6N4O3/c1-40(26(43)20-6-3-2-4-7-20)19-22(21-8-9-24(31)25(32)18-21)10-15-41-16-11-23(12-17-41)42(28(45)30(36,37)38)14-5-13-39-27(44)29(33,34)35/h2-4,6-9,18,22-23H,5,10-17,19H2,1H3,(H,39,44)/t22-/m1/s1. The minimum atomic E-state index is -5.15. The minimum absolute atomic E-state index is 0.148. The highest BCUT2D eigenvalue weighted by Crippen LogP contribution is 2.30. The number of rotatable bonds is 12. The molecular weight excluding hydrogens is 649 g/mol. The molecule has 7 nitrogen and oxygen atoms in total. The average molecular weight is 684 g/mol. The molecule has 0 bridgehead atoms. The molecule has 45 heavy (non-hydrogen) atoms. The molecule has 0 unspecified atom stereocenters. The maximum atomic E-state index is 13.4. The molecule has 0 spiro atoms. The van der Waals surface area contributed by atoms with Gasteiger partial charge in [-0.15, -0.1) is 0 Å². The predicted molar refractivity (Wildman–Crippen MR) is 158 cm³/mol. The number of hydrogen-bond acceptors (Lipinski definition) is 4. The quantitative estimate of drug-likeness (QED) is 0.215. The van der Waals surface area contributed by atoms with E-state index in [0.717, 1.165) is 5.56 Å². The van der Waals surface area contributed by atoms with Crippen molar-refractivity contribution in [3.63, 3.8) is 0 Å². The average Bonchev–Trinajstić information content (AvgIpc) is 2.99. The van der Waals surface area contributed by atoms with E-state index in [-0.39, 0.29) is 31.1 Å². The van der Waals surface area contributed by atoms with Crippen molar-refractivity contribution >= 4 is 40.9 Å². The summed E-state index contributed by atoms with van der Waals surface area (Å²) < 4.78 is 77.3. The van der Waals surface area contributed by atoms with Gasteiger partial charge in [-0.05, 0) is 62.1 Å². The Kier molecular flexibility index (Phi) is 13.0. The van der Waals surface area contributed by atoms with Gasteiger partial charge in [0.1, 0.15) is 0 Å². The Morgan fingerprint density at radius 2 is 1.60 bits per heavy atom. The molecule has 1 heterocycles. The van der Waals surface area contributed by atoms with Gasteiger partial charge in [0.15, 0.2) is 0 Å². The molecule has 1 aliphatic heterocycles. The van der Waals surface area contributed by atoms with Gasteiger partial charge in [-0.2, -0.15) is 26.3 Å². The fraction of sp³-hybridized carbons (Fsp3) is 0.500. The number of nitrogens with zero attached hydrogens (tertiary/aromatic N) is 3. The minimum Gasteiger partial charge on any atom is -0.348 e. The third kappa shape index (κ3) is 10.8. The molecule has 1 fully saturated rings. The largest absolute Gasteiger partial charge is 0.471 e. The summed E-state index contributed by atoms with van der Waals surface area (Å²) in [6.45, 7) is 0.676. The summed E-state index contributed by atoms with van der Waals surface area (Å²) in [5.74, 6) is -4.56. The van der Waals surface area contributed by atoms with Gasteiger partial charge in [0.2, 0.25) is 0 Å². The second-order valence-electron chi connectivity index (χ2n) is 10.9. The number of likely N-dealkylation sites (N-methyl/N-ethyl adjacent to an activating group) is 1. The number of alkyl halides is 6. The SMILES string of the molecule is CN(C[C@@H](CCN1CCC(N(CCCNC(=O)C(F)(F)F)C(=O)C(F)(F)F)CC1)c1ccc(Cl)c(Cl)c1)C(=O)c1ccccc1. The molecule has 3 amide bonds. The normalized spacial score (nSPS) is 15.4. The summed E-state index contributed by atoms with van der Waals surface area (Å²) in [6.07, 6.45) is -9.51. The van der Waals surface area contributed by atoms with Crippen LogP contribution in [0.3, 0.4) is 0 Å². The van der Waals surface area contributed by atoms with E-state index in [4.69, 9.17) is 23.2 Å². The molecule has 1 aliphatic rings. The van der Waals surface area contributed by atoms with Crippen LogP contribution in [0.25, 0.3) is 0 Å². The fourth-order valence-corrected chi connectivity index (χ4v) is 5.61. The second kappa shape index (κ2) is 16.0. The van der Waals surface area contributed by atoms with Crippen LogP contribution in [0.1, 0.15) is 47.5 Å². The monoisotopic (exact) mass is 682 g/mol. The topological polar surface area (TPSA) is 73.0 Å². The molecule has 248 valence electrons. The van der Waals surface area contributed by atoms with Crippen LogP contribution >= 0.6 is 23.2 Å². The Labute approximate surface area is 267 Å². The van der Waals surface area contributed by atoms with E-state index in [1.54, 1.807) is 53.7 Å². The zero-order valence-electron chi connectivity index (χ0n) is 24.4. The van der Waals surface area contributed by atoms with Crippen LogP contribution in [0, 0.1) is 0 Å². The Bertz CT molecular complexity index is 1300. The summed E-state index contributed by atoms with van der Waals surface area (Å²) in [4.78, 5) is 40.5. The second-order valence-corrected chi connectivity index (χ2v) is 11.7. The van der Waals surface area contributed by atoms with Gasteiger partial charge in [0.05, 0.1) is 10.0 Å². The number of hydrogen-bond donors (Lipinski definition) is 1. The molecule has 15 heteroatoms. The van der Waals surface area contributed by atoms with Crippen molar-refractivity contribution in [2.75, 3.05) is 46.3 Å². The first-order valence-electron chi connectivity index (χ1n) is 14.3. The first kappa shape index (κ1) is 36.4. The lowest BCUT2D eigenvalue weighted by atomic mass is 9.93. The lowest BCUT2D eigenvalue weighted by molar-refractivity contribution is -0.188. The van der Waals surface area contributed by atoms with Crippen LogP contribution in [0.2, 0.25) is 10.0 Å². The van der Waals surface area contributed by atoms with Crippen LogP contribution < -0.4 is 5.32 Å². The number of amides is 3. The maximum absolute atomic E-state index is 13.4. The summed E-state index contributed by atoms with van der Waals surface area (Å²) in [5, 5.41) is 2.36. The van der Waals surface area contributed by atoms with Gasteiger partial charge in [-0.1, -0.05) is 47.5 Å². The van der Waals surface area contributed by atoms with Crippen molar-refractivity contribution in [3.8, 4) is 0 Å². The van der Waals surface area contributed by atoms with E-state index in [2.05, 4.69) is 4.90 Å². The highest BCUT2D eigenvalue weighted by molar-refractivity contribution is 6.42. The zero-order chi connectivity index (χ0) is 33.4. The smallest absolute Gasteiger partial charge is 0.348 e. The van der Waals surface area contributed by atoms with Crippen molar-refractivity contribution in [1.29, 1.82) is 0 Å². The molecule has 0 aromatic heterocycles. The van der Waals surface area contributed by atoms with Crippen LogP contribution in [-0.4, -0.2) is 97.1 Å². The van der Waals surface area contributed by atoms with Gasteiger partial charge in [0.25, 0.3) is 5.91 Å². The number of piperidine rings is 1. The van der Waals surface area contributed by atoms with E-state index in [1.807, 2.05) is 12.1 Å². The Balaban J connectivity index is 1.62. The fourth-order valence-electron chi connectivity index (χ4n) is 5.30. The van der Waals surface area contributed by atoms with Crippen molar-refractivity contribution in [2.45, 2.75) is 50.0 Å². The van der Waals surface area contributed by atoms with Crippen LogP contribution in [-0.2, 0) is 9.59 Å². The van der Waals surface area contributed by atoms with E-state index < -0.39 is 43.3 Å². The van der Waals surface area contributed by atoms with E-state index >= 15 is 0 Å². The number of halogens is 8. The molecule has 1 atom stereocenters. The van der Waals surface area contributed by atoms with Gasteiger partial charge in [0, 0.05) is 57.3 Å². The number of carbonyl (C=O) groups is 3. The van der Waals surface area contributed by atoms with E-state index in [9.17, 15) is 40.7 Å². The summed E-state index contributed by atoms with van der Waals surface area (Å²) in [7, 11) is 1.70. The molecule has 1 N–H and O–H groups in total. The van der Waals surface area contributed by atoms with Crippen LogP contribution in [0.5, 0.6) is 0 Å². The molecule has 2 aromatic rings. The van der Waals surface area contributed by atoms with E-state index in [1.165, 1.54) is 0 Å². The molecular formula is C30H34Cl2F6N4O3. The number of carbonyl (C=O) groups excluding carboxylic acids is 3. The lowest BCUT2D eigenvalue weighted by Crippen LogP contribution is -2.52. The number of likely N-dealkylation sites (tertiary alicyclic amines) is 1. The van der Waals surface area contributed by atoms with Gasteiger partial charge >= 0.3 is 24.2 Å². The highest BCUT2D eigenvalue weighted by atomic mass is 35.5. The van der Waals surface area contributed by atoms with Crippen molar-refractivity contribution < 1.29 is 40.7 Å². The molecule has 0 radical (unpaired) electrons. The van der Waals surface area contributed by atoms with Crippen molar-refractivity contribution in [3.05, 3.63) is 69.7 Å². The van der Waals surface area contributed by atoms with Gasteiger partial charge < -0.3 is 20.0 Å². The highest BCUT2D eigenvalue weighted by Gasteiger charge is 2.45. The molecule has 2 aromatic carbocycles. The van der Waals surface area contributed by atoms with Crippen molar-refractivity contribution in [1.82, 2.24) is 20.0 Å². The van der Waals surface area contributed by atoms with E-state index in [0.29, 0.717) is 53.1 Å². The summed E-state index contributed by atoms with van der Waals surface area (Å²) in [6, 6.07) is 13.3. The molecule has 0 saturated carbocycles. The Morgan fingerprint density at radius 3 is 2.18 bits per heavy atom.